The molecule has 0 aliphatic heterocycles. The molecule has 0 unspecified atom stereocenters. The molecule has 0 aromatic carbocycles. The third kappa shape index (κ3) is 3.74. The first kappa shape index (κ1) is 11.0. The topological polar surface area (TPSA) is 68.0 Å². The minimum absolute atomic E-state index is 0.0481. The Balaban J connectivity index is 2.23. The van der Waals surface area contributed by atoms with Gasteiger partial charge in [-0.3, -0.25) is 4.79 Å². The zero-order chi connectivity index (χ0) is 10.4. The molecule has 1 aromatic rings. The predicted molar refractivity (Wildman–Crippen MR) is 50.8 cm³/mol. The zero-order valence-electron chi connectivity index (χ0n) is 7.92. The Hall–Kier alpha value is -1.10. The van der Waals surface area contributed by atoms with E-state index in [1.165, 1.54) is 0 Å². The molecule has 0 saturated carbocycles. The number of carbonyl (C=O) groups excluding carboxylic acids is 1. The average Bonchev–Trinajstić information content (AvgIpc) is 2.58. The summed E-state index contributed by atoms with van der Waals surface area (Å²) < 4.78 is 4.74. The van der Waals surface area contributed by atoms with Crippen LogP contribution in [0.5, 0.6) is 0 Å². The van der Waals surface area contributed by atoms with Crippen molar-refractivity contribution in [2.75, 3.05) is 5.88 Å². The number of amides is 1. The fourth-order valence-electron chi connectivity index (χ4n) is 0.907. The second-order valence-corrected chi connectivity index (χ2v) is 3.18. The van der Waals surface area contributed by atoms with Gasteiger partial charge in [0, 0.05) is 19.2 Å². The van der Waals surface area contributed by atoms with E-state index in [0.717, 1.165) is 0 Å². The number of halogens is 1. The molecule has 6 heteroatoms. The van der Waals surface area contributed by atoms with E-state index in [9.17, 15) is 4.79 Å². The van der Waals surface area contributed by atoms with Crippen LogP contribution in [0.25, 0.3) is 0 Å². The smallest absolute Gasteiger partial charge is 0.223 e. The van der Waals surface area contributed by atoms with Crippen LogP contribution in [0.4, 0.5) is 0 Å². The first-order valence-corrected chi connectivity index (χ1v) is 4.87. The van der Waals surface area contributed by atoms with Gasteiger partial charge in [0.05, 0.1) is 6.54 Å². The van der Waals surface area contributed by atoms with Crippen molar-refractivity contribution in [3.63, 3.8) is 0 Å². The molecule has 1 rings (SSSR count). The molecule has 0 atom stereocenters. The summed E-state index contributed by atoms with van der Waals surface area (Å²) in [6.45, 7) is 2.00. The Bertz CT molecular complexity index is 301. The maximum Gasteiger partial charge on any atom is 0.223 e. The normalized spacial score (nSPS) is 10.1. The van der Waals surface area contributed by atoms with E-state index in [1.807, 2.05) is 0 Å². The Morgan fingerprint density at radius 3 is 3.00 bits per heavy atom. The first-order valence-electron chi connectivity index (χ1n) is 4.34. The van der Waals surface area contributed by atoms with Crippen LogP contribution in [-0.4, -0.2) is 21.9 Å². The molecule has 78 valence electrons. The molecule has 0 bridgehead atoms. The van der Waals surface area contributed by atoms with Crippen molar-refractivity contribution in [1.29, 1.82) is 0 Å². The van der Waals surface area contributed by atoms with E-state index in [-0.39, 0.29) is 5.91 Å². The van der Waals surface area contributed by atoms with Crippen molar-refractivity contribution >= 4 is 17.5 Å². The molecule has 0 saturated heterocycles. The van der Waals surface area contributed by atoms with Crippen LogP contribution in [0.3, 0.4) is 0 Å². The van der Waals surface area contributed by atoms with E-state index in [0.29, 0.717) is 37.0 Å². The standard InChI is InChI=1S/C8H12ClN3O2/c1-6-11-7(12-14-6)5-10-8(13)3-2-4-9/h2-5H2,1H3,(H,10,13). The lowest BCUT2D eigenvalue weighted by Gasteiger charge is -1.99. The maximum atomic E-state index is 11.1. The largest absolute Gasteiger partial charge is 0.349 e. The minimum atomic E-state index is -0.0481. The molecule has 5 nitrogen and oxygen atoms in total. The fraction of sp³-hybridized carbons (Fsp3) is 0.625. The zero-order valence-corrected chi connectivity index (χ0v) is 8.67. The van der Waals surface area contributed by atoms with E-state index in [1.54, 1.807) is 6.92 Å². The number of hydrogen-bond acceptors (Lipinski definition) is 4. The van der Waals surface area contributed by atoms with Gasteiger partial charge >= 0.3 is 0 Å². The van der Waals surface area contributed by atoms with Crippen LogP contribution in [-0.2, 0) is 11.3 Å². The molecule has 0 fully saturated rings. The number of hydrogen-bond donors (Lipinski definition) is 1. The SMILES string of the molecule is Cc1nc(CNC(=O)CCCCl)no1. The highest BCUT2D eigenvalue weighted by Gasteiger charge is 2.04. The van der Waals surface area contributed by atoms with Gasteiger partial charge in [-0.25, -0.2) is 0 Å². The first-order chi connectivity index (χ1) is 6.72. The number of rotatable bonds is 5. The van der Waals surface area contributed by atoms with Gasteiger partial charge in [0.25, 0.3) is 0 Å². The van der Waals surface area contributed by atoms with Gasteiger partial charge in [-0.05, 0) is 6.42 Å². The molecular weight excluding hydrogens is 206 g/mol. The van der Waals surface area contributed by atoms with Gasteiger partial charge < -0.3 is 9.84 Å². The summed E-state index contributed by atoms with van der Waals surface area (Å²) in [6, 6.07) is 0. The highest BCUT2D eigenvalue weighted by atomic mass is 35.5. The second kappa shape index (κ2) is 5.59. The lowest BCUT2D eigenvalue weighted by Crippen LogP contribution is -2.23. The number of alkyl halides is 1. The number of aryl methyl sites for hydroxylation is 1. The molecule has 0 aliphatic rings. The average molecular weight is 218 g/mol. The van der Waals surface area contributed by atoms with Crippen LogP contribution in [0.2, 0.25) is 0 Å². The lowest BCUT2D eigenvalue weighted by atomic mass is 10.3. The maximum absolute atomic E-state index is 11.1. The molecule has 0 spiro atoms. The number of carbonyl (C=O) groups is 1. The minimum Gasteiger partial charge on any atom is -0.349 e. The summed E-state index contributed by atoms with van der Waals surface area (Å²) in [5.74, 6) is 1.43. The van der Waals surface area contributed by atoms with Gasteiger partial charge in [-0.2, -0.15) is 4.98 Å². The number of aromatic nitrogens is 2. The third-order valence-corrected chi connectivity index (χ3v) is 1.82. The number of nitrogens with zero attached hydrogens (tertiary/aromatic N) is 2. The second-order valence-electron chi connectivity index (χ2n) is 2.80. The Morgan fingerprint density at radius 2 is 2.43 bits per heavy atom. The lowest BCUT2D eigenvalue weighted by molar-refractivity contribution is -0.121. The predicted octanol–water partition coefficient (Wildman–Crippen LogP) is 1.01. The van der Waals surface area contributed by atoms with Crippen molar-refractivity contribution < 1.29 is 9.32 Å². The van der Waals surface area contributed by atoms with Crippen molar-refractivity contribution in [3.05, 3.63) is 11.7 Å². The summed E-state index contributed by atoms with van der Waals surface area (Å²) in [5.41, 5.74) is 0. The summed E-state index contributed by atoms with van der Waals surface area (Å²) in [6.07, 6.45) is 1.11. The quantitative estimate of drug-likeness (QED) is 0.748. The van der Waals surface area contributed by atoms with Gasteiger partial charge in [0.2, 0.25) is 11.8 Å². The summed E-state index contributed by atoms with van der Waals surface area (Å²) in [7, 11) is 0. The molecule has 1 aromatic heterocycles. The van der Waals surface area contributed by atoms with Crippen LogP contribution >= 0.6 is 11.6 Å². The van der Waals surface area contributed by atoms with E-state index in [2.05, 4.69) is 15.5 Å². The van der Waals surface area contributed by atoms with Gasteiger partial charge in [-0.15, -0.1) is 11.6 Å². The fourth-order valence-corrected chi connectivity index (χ4v) is 1.04. The summed E-state index contributed by atoms with van der Waals surface area (Å²) >= 11 is 5.45. The van der Waals surface area contributed by atoms with E-state index in [4.69, 9.17) is 16.1 Å². The van der Waals surface area contributed by atoms with E-state index < -0.39 is 0 Å². The summed E-state index contributed by atoms with van der Waals surface area (Å²) in [4.78, 5) is 15.1. The molecule has 1 amide bonds. The van der Waals surface area contributed by atoms with Crippen LogP contribution in [0.1, 0.15) is 24.6 Å². The Kier molecular flexibility index (Phi) is 4.39. The van der Waals surface area contributed by atoms with Gasteiger partial charge in [0.15, 0.2) is 5.82 Å². The molecular formula is C8H12ClN3O2. The van der Waals surface area contributed by atoms with Crippen molar-refractivity contribution in [3.8, 4) is 0 Å². The van der Waals surface area contributed by atoms with Crippen molar-refractivity contribution in [2.24, 2.45) is 0 Å². The monoisotopic (exact) mass is 217 g/mol. The Morgan fingerprint density at radius 1 is 1.64 bits per heavy atom. The highest BCUT2D eigenvalue weighted by molar-refractivity contribution is 6.17. The van der Waals surface area contributed by atoms with Gasteiger partial charge in [-0.1, -0.05) is 5.16 Å². The van der Waals surface area contributed by atoms with Crippen LogP contribution < -0.4 is 5.32 Å². The number of nitrogens with one attached hydrogen (secondary N) is 1. The van der Waals surface area contributed by atoms with Crippen molar-refractivity contribution in [2.45, 2.75) is 26.3 Å². The van der Waals surface area contributed by atoms with Gasteiger partial charge in [0.1, 0.15) is 0 Å². The molecule has 0 radical (unpaired) electrons. The third-order valence-electron chi connectivity index (χ3n) is 1.55. The Labute approximate surface area is 86.8 Å². The molecule has 1 N–H and O–H groups in total. The summed E-state index contributed by atoms with van der Waals surface area (Å²) in [5, 5.41) is 6.31. The molecule has 0 aliphatic carbocycles. The van der Waals surface area contributed by atoms with Crippen LogP contribution in [0.15, 0.2) is 4.52 Å². The van der Waals surface area contributed by atoms with Crippen molar-refractivity contribution in [1.82, 2.24) is 15.5 Å². The highest BCUT2D eigenvalue weighted by Crippen LogP contribution is 1.95. The van der Waals surface area contributed by atoms with E-state index >= 15 is 0 Å². The van der Waals surface area contributed by atoms with Crippen LogP contribution in [0, 0.1) is 6.92 Å². The molecule has 14 heavy (non-hydrogen) atoms. The molecule has 1 heterocycles.